The number of nitrogens with one attached hydrogen (secondary N) is 1. The molecule has 0 aromatic carbocycles. The van der Waals surface area contributed by atoms with Gasteiger partial charge in [0, 0.05) is 19.3 Å². The molecule has 5 nitrogen and oxygen atoms in total. The van der Waals surface area contributed by atoms with Crippen LogP contribution in [0, 0.1) is 0 Å². The van der Waals surface area contributed by atoms with Gasteiger partial charge in [-0.1, -0.05) is 17.4 Å². The second-order valence-corrected chi connectivity index (χ2v) is 8.49. The minimum absolute atomic E-state index is 0.243. The predicted octanol–water partition coefficient (Wildman–Crippen LogP) is 5.72. The van der Waals surface area contributed by atoms with Crippen LogP contribution in [0.3, 0.4) is 0 Å². The number of rotatable bonds is 5. The number of anilines is 2. The van der Waals surface area contributed by atoms with Crippen LogP contribution < -0.4 is 10.3 Å². The predicted molar refractivity (Wildman–Crippen MR) is 112 cm³/mol. The van der Waals surface area contributed by atoms with E-state index in [1.807, 2.05) is 17.5 Å². The van der Waals surface area contributed by atoms with Crippen molar-refractivity contribution in [1.82, 2.24) is 9.97 Å². The first kappa shape index (κ1) is 19.8. The molecule has 152 valence electrons. The van der Waals surface area contributed by atoms with Gasteiger partial charge in [0.05, 0.1) is 21.5 Å². The molecule has 3 aromatic rings. The Hall–Kier alpha value is -2.46. The molecule has 1 aliphatic heterocycles. The lowest BCUT2D eigenvalue weighted by atomic mass is 10.1. The number of alkyl halides is 3. The van der Waals surface area contributed by atoms with Crippen LogP contribution in [0.1, 0.15) is 29.7 Å². The van der Waals surface area contributed by atoms with Crippen molar-refractivity contribution in [3.8, 4) is 10.6 Å². The molecule has 0 bridgehead atoms. The van der Waals surface area contributed by atoms with Crippen LogP contribution >= 0.6 is 22.7 Å². The van der Waals surface area contributed by atoms with Crippen LogP contribution in [0.15, 0.2) is 40.9 Å². The zero-order chi connectivity index (χ0) is 20.3. The van der Waals surface area contributed by atoms with E-state index < -0.39 is 11.7 Å². The van der Waals surface area contributed by atoms with E-state index in [4.69, 9.17) is 4.98 Å². The number of hydrazone groups is 1. The van der Waals surface area contributed by atoms with Crippen molar-refractivity contribution < 1.29 is 13.2 Å². The Morgan fingerprint density at radius 3 is 2.62 bits per heavy atom. The summed E-state index contributed by atoms with van der Waals surface area (Å²) in [6, 6.07) is 6.22. The Bertz CT molecular complexity index is 959. The van der Waals surface area contributed by atoms with Crippen molar-refractivity contribution in [2.24, 2.45) is 5.10 Å². The average molecular weight is 438 g/mol. The maximum absolute atomic E-state index is 12.6. The van der Waals surface area contributed by atoms with Crippen molar-refractivity contribution in [1.29, 1.82) is 0 Å². The molecular weight excluding hydrogens is 419 g/mol. The van der Waals surface area contributed by atoms with E-state index in [-0.39, 0.29) is 5.82 Å². The summed E-state index contributed by atoms with van der Waals surface area (Å²) in [7, 11) is 0. The van der Waals surface area contributed by atoms with E-state index in [2.05, 4.69) is 20.4 Å². The zero-order valence-electron chi connectivity index (χ0n) is 15.3. The second kappa shape index (κ2) is 8.50. The van der Waals surface area contributed by atoms with Crippen molar-refractivity contribution in [3.05, 3.63) is 46.3 Å². The van der Waals surface area contributed by atoms with Crippen LogP contribution in [0.25, 0.3) is 10.6 Å². The Balaban J connectivity index is 1.53. The monoisotopic (exact) mass is 437 g/mol. The van der Waals surface area contributed by atoms with Crippen LogP contribution in [-0.4, -0.2) is 29.3 Å². The Kier molecular flexibility index (Phi) is 5.81. The molecule has 0 saturated carbocycles. The summed E-state index contributed by atoms with van der Waals surface area (Å²) in [5, 5.41) is 7.15. The van der Waals surface area contributed by atoms with E-state index >= 15 is 0 Å². The molecular formula is C19H18F3N5S2. The van der Waals surface area contributed by atoms with Crippen LogP contribution in [0.2, 0.25) is 0 Å². The lowest BCUT2D eigenvalue weighted by Crippen LogP contribution is -2.29. The Labute approximate surface area is 173 Å². The summed E-state index contributed by atoms with van der Waals surface area (Å²) >= 11 is 3.18. The molecule has 4 heterocycles. The molecule has 29 heavy (non-hydrogen) atoms. The first-order valence-electron chi connectivity index (χ1n) is 9.13. The van der Waals surface area contributed by atoms with E-state index in [0.717, 1.165) is 45.9 Å². The average Bonchev–Trinajstić information content (AvgIpc) is 3.38. The van der Waals surface area contributed by atoms with Gasteiger partial charge in [-0.3, -0.25) is 5.43 Å². The quantitative estimate of drug-likeness (QED) is 0.410. The fourth-order valence-corrected chi connectivity index (χ4v) is 4.80. The minimum atomic E-state index is -4.40. The fourth-order valence-electron chi connectivity index (χ4n) is 3.00. The molecule has 0 atom stereocenters. The summed E-state index contributed by atoms with van der Waals surface area (Å²) in [6.45, 7) is 2.00. The smallest absolute Gasteiger partial charge is 0.348 e. The van der Waals surface area contributed by atoms with Crippen molar-refractivity contribution >= 4 is 39.8 Å². The first-order chi connectivity index (χ1) is 14.0. The maximum Gasteiger partial charge on any atom is 0.417 e. The number of thiazole rings is 1. The van der Waals surface area contributed by atoms with Gasteiger partial charge in [-0.2, -0.15) is 18.3 Å². The number of aromatic nitrogens is 2. The first-order valence-corrected chi connectivity index (χ1v) is 10.8. The second-order valence-electron chi connectivity index (χ2n) is 6.53. The number of halogens is 3. The molecule has 0 unspecified atom stereocenters. The molecule has 10 heteroatoms. The summed E-state index contributed by atoms with van der Waals surface area (Å²) < 4.78 is 37.9. The third-order valence-corrected chi connectivity index (χ3v) is 6.40. The molecule has 1 fully saturated rings. The molecule has 0 amide bonds. The maximum atomic E-state index is 12.6. The van der Waals surface area contributed by atoms with Gasteiger partial charge in [0.15, 0.2) is 5.13 Å². The van der Waals surface area contributed by atoms with Gasteiger partial charge in [-0.15, -0.1) is 11.3 Å². The summed E-state index contributed by atoms with van der Waals surface area (Å²) in [4.78, 5) is 12.8. The lowest BCUT2D eigenvalue weighted by Gasteiger charge is -2.25. The number of pyridine rings is 1. The van der Waals surface area contributed by atoms with Gasteiger partial charge in [-0.05, 0) is 42.8 Å². The molecule has 1 aliphatic rings. The van der Waals surface area contributed by atoms with Gasteiger partial charge in [0.25, 0.3) is 0 Å². The normalized spacial score (nSPS) is 15.2. The molecule has 4 rings (SSSR count). The van der Waals surface area contributed by atoms with Gasteiger partial charge >= 0.3 is 6.18 Å². The fraction of sp³-hybridized carbons (Fsp3) is 0.316. The lowest BCUT2D eigenvalue weighted by molar-refractivity contribution is -0.137. The largest absolute Gasteiger partial charge is 0.417 e. The number of piperidine rings is 1. The van der Waals surface area contributed by atoms with Gasteiger partial charge in [-0.25, -0.2) is 9.97 Å². The summed E-state index contributed by atoms with van der Waals surface area (Å²) in [6.07, 6.45) is 1.61. The highest BCUT2D eigenvalue weighted by Crippen LogP contribution is 2.35. The molecule has 0 spiro atoms. The third kappa shape index (κ3) is 4.76. The van der Waals surface area contributed by atoms with Crippen LogP contribution in [-0.2, 0) is 6.18 Å². The number of hydrogen-bond donors (Lipinski definition) is 1. The topological polar surface area (TPSA) is 53.4 Å². The van der Waals surface area contributed by atoms with Crippen LogP contribution in [0.4, 0.5) is 24.1 Å². The highest BCUT2D eigenvalue weighted by molar-refractivity contribution is 7.18. The SMILES string of the molecule is FC(F)(F)c1ccc(N/N=C\c2sc(N3CCCCC3)nc2-c2cccs2)nc1. The van der Waals surface area contributed by atoms with Crippen molar-refractivity contribution in [2.75, 3.05) is 23.4 Å². The molecule has 1 N–H and O–H groups in total. The highest BCUT2D eigenvalue weighted by atomic mass is 32.1. The third-order valence-electron chi connectivity index (χ3n) is 4.47. The van der Waals surface area contributed by atoms with E-state index in [1.165, 1.54) is 25.3 Å². The van der Waals surface area contributed by atoms with Gasteiger partial charge < -0.3 is 4.90 Å². The number of nitrogens with zero attached hydrogens (tertiary/aromatic N) is 4. The van der Waals surface area contributed by atoms with Crippen molar-refractivity contribution in [3.63, 3.8) is 0 Å². The minimum Gasteiger partial charge on any atom is -0.348 e. The number of thiophene rings is 1. The summed E-state index contributed by atoms with van der Waals surface area (Å²) in [5.41, 5.74) is 2.77. The number of hydrogen-bond acceptors (Lipinski definition) is 7. The molecule has 3 aromatic heterocycles. The highest BCUT2D eigenvalue weighted by Gasteiger charge is 2.30. The molecule has 0 radical (unpaired) electrons. The van der Waals surface area contributed by atoms with Crippen molar-refractivity contribution in [2.45, 2.75) is 25.4 Å². The zero-order valence-corrected chi connectivity index (χ0v) is 16.9. The Morgan fingerprint density at radius 2 is 1.97 bits per heavy atom. The Morgan fingerprint density at radius 1 is 1.14 bits per heavy atom. The van der Waals surface area contributed by atoms with E-state index in [0.29, 0.717) is 0 Å². The summed E-state index contributed by atoms with van der Waals surface area (Å²) in [5.74, 6) is 0.243. The standard InChI is InChI=1S/C19H18F3N5S2/c20-19(21,22)13-6-7-16(23-11-13)26-24-12-15-17(14-5-4-10-28-14)25-18(29-15)27-8-2-1-3-9-27/h4-7,10-12H,1-3,8-9H2,(H,23,26)/b24-12-. The van der Waals surface area contributed by atoms with Gasteiger partial charge in [0.2, 0.25) is 0 Å². The van der Waals surface area contributed by atoms with Crippen LogP contribution in [0.5, 0.6) is 0 Å². The molecule has 1 saturated heterocycles. The van der Waals surface area contributed by atoms with E-state index in [1.54, 1.807) is 28.9 Å². The van der Waals surface area contributed by atoms with Gasteiger partial charge in [0.1, 0.15) is 11.5 Å². The molecule has 0 aliphatic carbocycles. The van der Waals surface area contributed by atoms with E-state index in [9.17, 15) is 13.2 Å².